The molecular formula is C15H20FN3. The molecule has 0 atom stereocenters. The Balaban J connectivity index is 2.27. The van der Waals surface area contributed by atoms with Crippen LogP contribution < -0.4 is 5.32 Å². The van der Waals surface area contributed by atoms with Crippen molar-refractivity contribution < 1.29 is 4.39 Å². The summed E-state index contributed by atoms with van der Waals surface area (Å²) in [6.45, 7) is 5.52. The molecule has 19 heavy (non-hydrogen) atoms. The van der Waals surface area contributed by atoms with Crippen LogP contribution in [0.5, 0.6) is 0 Å². The van der Waals surface area contributed by atoms with Crippen molar-refractivity contribution >= 4 is 0 Å². The lowest BCUT2D eigenvalue weighted by Gasteiger charge is -2.07. The quantitative estimate of drug-likeness (QED) is 0.838. The summed E-state index contributed by atoms with van der Waals surface area (Å²) in [6, 6.07) is 5.25. The maximum atomic E-state index is 13.8. The van der Waals surface area contributed by atoms with E-state index in [0.717, 1.165) is 29.8 Å². The van der Waals surface area contributed by atoms with Crippen LogP contribution in [0.2, 0.25) is 0 Å². The maximum Gasteiger partial charge on any atom is 0.127 e. The molecule has 1 aromatic heterocycles. The molecule has 1 heterocycles. The van der Waals surface area contributed by atoms with Gasteiger partial charge >= 0.3 is 0 Å². The summed E-state index contributed by atoms with van der Waals surface area (Å²) in [6.07, 6.45) is 3.01. The summed E-state index contributed by atoms with van der Waals surface area (Å²) >= 11 is 0. The van der Waals surface area contributed by atoms with E-state index in [-0.39, 0.29) is 5.82 Å². The van der Waals surface area contributed by atoms with Gasteiger partial charge in [-0.1, -0.05) is 13.0 Å². The number of hydrogen-bond acceptors (Lipinski definition) is 2. The van der Waals surface area contributed by atoms with E-state index in [4.69, 9.17) is 0 Å². The molecule has 0 bridgehead atoms. The molecule has 0 spiro atoms. The SMILES string of the molecule is CCCNCc1cc(-c2cn(C)nc2C)ccc1F. The van der Waals surface area contributed by atoms with E-state index in [1.54, 1.807) is 4.68 Å². The first-order valence-electron chi connectivity index (χ1n) is 6.61. The highest BCUT2D eigenvalue weighted by atomic mass is 19.1. The molecule has 0 aliphatic carbocycles. The van der Waals surface area contributed by atoms with Gasteiger partial charge in [0, 0.05) is 30.9 Å². The van der Waals surface area contributed by atoms with Crippen LogP contribution in [0.4, 0.5) is 4.39 Å². The normalized spacial score (nSPS) is 10.9. The Labute approximate surface area is 113 Å². The zero-order valence-corrected chi connectivity index (χ0v) is 11.7. The van der Waals surface area contributed by atoms with Gasteiger partial charge < -0.3 is 5.32 Å². The largest absolute Gasteiger partial charge is 0.313 e. The third-order valence-corrected chi connectivity index (χ3v) is 3.11. The Kier molecular flexibility index (Phi) is 4.32. The molecule has 4 heteroatoms. The Bertz CT molecular complexity index is 561. The molecule has 0 saturated heterocycles. The van der Waals surface area contributed by atoms with E-state index < -0.39 is 0 Å². The van der Waals surface area contributed by atoms with E-state index in [0.29, 0.717) is 12.1 Å². The first-order chi connectivity index (χ1) is 9.11. The molecule has 102 valence electrons. The molecule has 3 nitrogen and oxygen atoms in total. The van der Waals surface area contributed by atoms with Crippen LogP contribution >= 0.6 is 0 Å². The standard InChI is InChI=1S/C15H20FN3/c1-4-7-17-9-13-8-12(5-6-15(13)16)14-10-19(3)18-11(14)2/h5-6,8,10,17H,4,7,9H2,1-3H3. The molecule has 0 aliphatic rings. The predicted molar refractivity (Wildman–Crippen MR) is 75.3 cm³/mol. The van der Waals surface area contributed by atoms with Gasteiger partial charge in [-0.2, -0.15) is 5.10 Å². The number of benzene rings is 1. The summed E-state index contributed by atoms with van der Waals surface area (Å²) in [5.74, 6) is -0.158. The lowest BCUT2D eigenvalue weighted by atomic mass is 10.0. The van der Waals surface area contributed by atoms with Gasteiger partial charge in [0.05, 0.1) is 5.69 Å². The first-order valence-corrected chi connectivity index (χ1v) is 6.61. The molecule has 2 aromatic rings. The topological polar surface area (TPSA) is 29.9 Å². The predicted octanol–water partition coefficient (Wildman–Crippen LogP) is 3.03. The monoisotopic (exact) mass is 261 g/mol. The molecule has 1 N–H and O–H groups in total. The van der Waals surface area contributed by atoms with Crippen molar-refractivity contribution in [2.75, 3.05) is 6.54 Å². The fraction of sp³-hybridized carbons (Fsp3) is 0.400. The Hall–Kier alpha value is -1.68. The van der Waals surface area contributed by atoms with Gasteiger partial charge in [-0.15, -0.1) is 0 Å². The van der Waals surface area contributed by atoms with Crippen molar-refractivity contribution in [3.8, 4) is 11.1 Å². The molecule has 0 unspecified atom stereocenters. The number of hydrogen-bond donors (Lipinski definition) is 1. The third-order valence-electron chi connectivity index (χ3n) is 3.11. The maximum absolute atomic E-state index is 13.8. The highest BCUT2D eigenvalue weighted by Gasteiger charge is 2.09. The summed E-state index contributed by atoms with van der Waals surface area (Å²) in [5.41, 5.74) is 3.73. The fourth-order valence-corrected chi connectivity index (χ4v) is 2.16. The average molecular weight is 261 g/mol. The van der Waals surface area contributed by atoms with E-state index in [1.165, 1.54) is 6.07 Å². The Morgan fingerprint density at radius 2 is 2.16 bits per heavy atom. The molecule has 0 fully saturated rings. The minimum Gasteiger partial charge on any atom is -0.313 e. The summed E-state index contributed by atoms with van der Waals surface area (Å²) in [5, 5.41) is 7.55. The number of nitrogens with zero attached hydrogens (tertiary/aromatic N) is 2. The first kappa shape index (κ1) is 13.7. The van der Waals surface area contributed by atoms with Gasteiger partial charge in [-0.25, -0.2) is 4.39 Å². The molecule has 0 saturated carbocycles. The van der Waals surface area contributed by atoms with Crippen LogP contribution in [-0.4, -0.2) is 16.3 Å². The third kappa shape index (κ3) is 3.20. The average Bonchev–Trinajstić information content (AvgIpc) is 2.71. The van der Waals surface area contributed by atoms with Gasteiger partial charge in [0.25, 0.3) is 0 Å². The number of aryl methyl sites for hydroxylation is 2. The fourth-order valence-electron chi connectivity index (χ4n) is 2.16. The van der Waals surface area contributed by atoms with Gasteiger partial charge in [0.1, 0.15) is 5.82 Å². The van der Waals surface area contributed by atoms with Crippen molar-refractivity contribution in [2.45, 2.75) is 26.8 Å². The Morgan fingerprint density at radius 1 is 1.37 bits per heavy atom. The summed E-state index contributed by atoms with van der Waals surface area (Å²) in [7, 11) is 1.89. The van der Waals surface area contributed by atoms with Crippen molar-refractivity contribution in [2.24, 2.45) is 7.05 Å². The molecule has 0 amide bonds. The second-order valence-electron chi connectivity index (χ2n) is 4.78. The van der Waals surface area contributed by atoms with Gasteiger partial charge in [-0.3, -0.25) is 4.68 Å². The van der Waals surface area contributed by atoms with E-state index in [1.807, 2.05) is 32.3 Å². The van der Waals surface area contributed by atoms with Crippen LogP contribution in [0.15, 0.2) is 24.4 Å². The number of rotatable bonds is 5. The van der Waals surface area contributed by atoms with E-state index in [2.05, 4.69) is 17.3 Å². The molecule has 0 aliphatic heterocycles. The van der Waals surface area contributed by atoms with Crippen LogP contribution in [0, 0.1) is 12.7 Å². The smallest absolute Gasteiger partial charge is 0.127 e. The van der Waals surface area contributed by atoms with E-state index >= 15 is 0 Å². The van der Waals surface area contributed by atoms with Crippen LogP contribution in [0.25, 0.3) is 11.1 Å². The van der Waals surface area contributed by atoms with Gasteiger partial charge in [0.15, 0.2) is 0 Å². The molecule has 1 aromatic carbocycles. The van der Waals surface area contributed by atoms with Crippen LogP contribution in [-0.2, 0) is 13.6 Å². The van der Waals surface area contributed by atoms with Crippen molar-refractivity contribution in [1.82, 2.24) is 15.1 Å². The minimum atomic E-state index is -0.158. The molecule has 0 radical (unpaired) electrons. The minimum absolute atomic E-state index is 0.158. The number of halogens is 1. The zero-order valence-electron chi connectivity index (χ0n) is 11.7. The lowest BCUT2D eigenvalue weighted by Crippen LogP contribution is -2.14. The lowest BCUT2D eigenvalue weighted by molar-refractivity contribution is 0.587. The van der Waals surface area contributed by atoms with E-state index in [9.17, 15) is 4.39 Å². The van der Waals surface area contributed by atoms with Gasteiger partial charge in [-0.05, 0) is 37.6 Å². The molecular weight excluding hydrogens is 241 g/mol. The molecule has 2 rings (SSSR count). The van der Waals surface area contributed by atoms with Crippen molar-refractivity contribution in [3.63, 3.8) is 0 Å². The second kappa shape index (κ2) is 5.97. The summed E-state index contributed by atoms with van der Waals surface area (Å²) < 4.78 is 15.5. The summed E-state index contributed by atoms with van der Waals surface area (Å²) in [4.78, 5) is 0. The van der Waals surface area contributed by atoms with Crippen LogP contribution in [0.3, 0.4) is 0 Å². The highest BCUT2D eigenvalue weighted by Crippen LogP contribution is 2.24. The van der Waals surface area contributed by atoms with Gasteiger partial charge in [0.2, 0.25) is 0 Å². The van der Waals surface area contributed by atoms with Crippen molar-refractivity contribution in [3.05, 3.63) is 41.5 Å². The number of nitrogens with one attached hydrogen (secondary N) is 1. The Morgan fingerprint density at radius 3 is 2.79 bits per heavy atom. The second-order valence-corrected chi connectivity index (χ2v) is 4.78. The highest BCUT2D eigenvalue weighted by molar-refractivity contribution is 5.65. The zero-order chi connectivity index (χ0) is 13.8. The van der Waals surface area contributed by atoms with Crippen LogP contribution in [0.1, 0.15) is 24.6 Å². The van der Waals surface area contributed by atoms with Crippen molar-refractivity contribution in [1.29, 1.82) is 0 Å². The number of aromatic nitrogens is 2.